The van der Waals surface area contributed by atoms with Crippen molar-refractivity contribution in [2.75, 3.05) is 20.1 Å². The quantitative estimate of drug-likeness (QED) is 0.723. The Morgan fingerprint density at radius 3 is 2.64 bits per heavy atom. The Morgan fingerprint density at radius 2 is 2.14 bits per heavy atom. The third-order valence-corrected chi connectivity index (χ3v) is 2.54. The molecule has 0 bridgehead atoms. The number of hydrogen-bond donors (Lipinski definition) is 1. The number of amides is 1. The van der Waals surface area contributed by atoms with Gasteiger partial charge < -0.3 is 5.73 Å². The molecule has 1 fully saturated rings. The second kappa shape index (κ2) is 4.28. The highest BCUT2D eigenvalue weighted by Gasteiger charge is 2.24. The molecule has 0 atom stereocenters. The molecule has 1 aliphatic heterocycles. The van der Waals surface area contributed by atoms with Crippen molar-refractivity contribution >= 4 is 5.91 Å². The van der Waals surface area contributed by atoms with E-state index in [2.05, 4.69) is 0 Å². The molecule has 4 nitrogen and oxygen atoms in total. The summed E-state index contributed by atoms with van der Waals surface area (Å²) < 4.78 is 0. The molecule has 1 amide bonds. The summed E-state index contributed by atoms with van der Waals surface area (Å²) in [4.78, 5) is 11.6. The van der Waals surface area contributed by atoms with Gasteiger partial charge in [0.05, 0.1) is 0 Å². The van der Waals surface area contributed by atoms with Gasteiger partial charge in [0.15, 0.2) is 0 Å². The summed E-state index contributed by atoms with van der Waals surface area (Å²) in [5, 5.41) is 3.82. The predicted octanol–water partition coefficient (Wildman–Crippen LogP) is 0.583. The molecule has 0 spiro atoms. The zero-order valence-electron chi connectivity index (χ0n) is 9.42. The zero-order valence-corrected chi connectivity index (χ0v) is 9.42. The molecule has 0 aliphatic carbocycles. The minimum atomic E-state index is -0.196. The number of hydrazine groups is 1. The topological polar surface area (TPSA) is 49.6 Å². The lowest BCUT2D eigenvalue weighted by Gasteiger charge is -2.37. The lowest BCUT2D eigenvalue weighted by atomic mass is 10.0. The van der Waals surface area contributed by atoms with Crippen LogP contribution in [0.25, 0.3) is 0 Å². The van der Waals surface area contributed by atoms with E-state index in [1.807, 2.05) is 30.9 Å². The monoisotopic (exact) mass is 199 g/mol. The van der Waals surface area contributed by atoms with Crippen molar-refractivity contribution in [1.29, 1.82) is 0 Å². The van der Waals surface area contributed by atoms with Gasteiger partial charge in [0, 0.05) is 32.1 Å². The van der Waals surface area contributed by atoms with E-state index in [0.717, 1.165) is 25.9 Å². The fourth-order valence-electron chi connectivity index (χ4n) is 1.59. The third kappa shape index (κ3) is 3.27. The summed E-state index contributed by atoms with van der Waals surface area (Å²) in [6.45, 7) is 5.68. The van der Waals surface area contributed by atoms with Crippen molar-refractivity contribution in [2.45, 2.75) is 38.6 Å². The molecule has 0 unspecified atom stereocenters. The van der Waals surface area contributed by atoms with Gasteiger partial charge in [-0.25, -0.2) is 5.01 Å². The second-order valence-electron chi connectivity index (χ2n) is 4.74. The molecule has 1 rings (SSSR count). The van der Waals surface area contributed by atoms with Crippen LogP contribution in [-0.2, 0) is 4.79 Å². The van der Waals surface area contributed by atoms with Gasteiger partial charge in [0.1, 0.15) is 0 Å². The second-order valence-corrected chi connectivity index (χ2v) is 4.74. The fourth-order valence-corrected chi connectivity index (χ4v) is 1.59. The lowest BCUT2D eigenvalue weighted by Crippen LogP contribution is -2.50. The van der Waals surface area contributed by atoms with Gasteiger partial charge in [-0.3, -0.25) is 9.80 Å². The van der Waals surface area contributed by atoms with Crippen LogP contribution < -0.4 is 5.73 Å². The van der Waals surface area contributed by atoms with E-state index in [9.17, 15) is 4.79 Å². The smallest absolute Gasteiger partial charge is 0.236 e. The number of carbonyl (C=O) groups excluding carboxylic acids is 1. The molecule has 0 aromatic rings. The van der Waals surface area contributed by atoms with Gasteiger partial charge >= 0.3 is 0 Å². The number of hydrogen-bond acceptors (Lipinski definition) is 3. The summed E-state index contributed by atoms with van der Waals surface area (Å²) in [6.07, 6.45) is 2.48. The SMILES string of the molecule is CN1CCCC(=O)N1CCC(C)(C)N. The minimum absolute atomic E-state index is 0.196. The summed E-state index contributed by atoms with van der Waals surface area (Å²) in [7, 11) is 1.96. The minimum Gasteiger partial charge on any atom is -0.325 e. The highest BCUT2D eigenvalue weighted by molar-refractivity contribution is 5.76. The summed E-state index contributed by atoms with van der Waals surface area (Å²) in [5.41, 5.74) is 5.69. The van der Waals surface area contributed by atoms with Crippen LogP contribution >= 0.6 is 0 Å². The molecule has 4 heteroatoms. The van der Waals surface area contributed by atoms with Crippen LogP contribution in [0.3, 0.4) is 0 Å². The van der Waals surface area contributed by atoms with Crippen LogP contribution in [0, 0.1) is 0 Å². The normalized spacial score (nSPS) is 20.3. The molecule has 0 saturated carbocycles. The number of rotatable bonds is 3. The van der Waals surface area contributed by atoms with Crippen molar-refractivity contribution < 1.29 is 4.79 Å². The van der Waals surface area contributed by atoms with Gasteiger partial charge in [-0.15, -0.1) is 0 Å². The van der Waals surface area contributed by atoms with E-state index in [1.165, 1.54) is 0 Å². The van der Waals surface area contributed by atoms with Crippen LogP contribution in [0.15, 0.2) is 0 Å². The summed E-state index contributed by atoms with van der Waals surface area (Å²) >= 11 is 0. The lowest BCUT2D eigenvalue weighted by molar-refractivity contribution is -0.152. The Labute approximate surface area is 86.0 Å². The van der Waals surface area contributed by atoms with Gasteiger partial charge in [0.25, 0.3) is 0 Å². The van der Waals surface area contributed by atoms with Gasteiger partial charge in [-0.05, 0) is 26.7 Å². The third-order valence-electron chi connectivity index (χ3n) is 2.54. The standard InChI is InChI=1S/C10H21N3O/c1-10(2,11)6-8-13-9(14)5-4-7-12(13)3/h4-8,11H2,1-3H3. The Balaban J connectivity index is 2.45. The van der Waals surface area contributed by atoms with E-state index in [1.54, 1.807) is 0 Å². The van der Waals surface area contributed by atoms with Crippen LogP contribution in [0.4, 0.5) is 0 Å². The van der Waals surface area contributed by atoms with Gasteiger partial charge in [-0.1, -0.05) is 0 Å². The van der Waals surface area contributed by atoms with E-state index in [4.69, 9.17) is 5.73 Å². The molecule has 1 aliphatic rings. The summed E-state index contributed by atoms with van der Waals surface area (Å²) in [5.74, 6) is 0.225. The first-order valence-electron chi connectivity index (χ1n) is 5.20. The Kier molecular flexibility index (Phi) is 3.50. The molecule has 0 aromatic heterocycles. The first-order valence-corrected chi connectivity index (χ1v) is 5.20. The summed E-state index contributed by atoms with van der Waals surface area (Å²) in [6, 6.07) is 0. The van der Waals surface area contributed by atoms with Crippen LogP contribution in [-0.4, -0.2) is 41.6 Å². The van der Waals surface area contributed by atoms with Crippen molar-refractivity contribution in [3.05, 3.63) is 0 Å². The number of nitrogens with two attached hydrogens (primary N) is 1. The maximum Gasteiger partial charge on any atom is 0.236 e. The van der Waals surface area contributed by atoms with Crippen LogP contribution in [0.1, 0.15) is 33.1 Å². The van der Waals surface area contributed by atoms with E-state index in [0.29, 0.717) is 6.42 Å². The van der Waals surface area contributed by atoms with Crippen molar-refractivity contribution in [3.63, 3.8) is 0 Å². The first-order chi connectivity index (χ1) is 6.40. The van der Waals surface area contributed by atoms with Crippen LogP contribution in [0.2, 0.25) is 0 Å². The molecule has 0 aromatic carbocycles. The Hall–Kier alpha value is -0.610. The maximum atomic E-state index is 11.6. The van der Waals surface area contributed by atoms with Crippen molar-refractivity contribution in [1.82, 2.24) is 10.0 Å². The Bertz CT molecular complexity index is 210. The number of carbonyl (C=O) groups is 1. The fraction of sp³-hybridized carbons (Fsp3) is 0.900. The van der Waals surface area contributed by atoms with Crippen molar-refractivity contribution in [3.8, 4) is 0 Å². The predicted molar refractivity (Wildman–Crippen MR) is 56.5 cm³/mol. The van der Waals surface area contributed by atoms with E-state index < -0.39 is 0 Å². The van der Waals surface area contributed by atoms with Gasteiger partial charge in [-0.2, -0.15) is 0 Å². The maximum absolute atomic E-state index is 11.6. The molecular formula is C10H21N3O. The molecule has 14 heavy (non-hydrogen) atoms. The van der Waals surface area contributed by atoms with Gasteiger partial charge in [0.2, 0.25) is 5.91 Å². The first kappa shape index (κ1) is 11.5. The van der Waals surface area contributed by atoms with Crippen LogP contribution in [0.5, 0.6) is 0 Å². The molecule has 1 saturated heterocycles. The molecule has 2 N–H and O–H groups in total. The molecular weight excluding hydrogens is 178 g/mol. The zero-order chi connectivity index (χ0) is 10.8. The largest absolute Gasteiger partial charge is 0.325 e. The highest BCUT2D eigenvalue weighted by atomic mass is 16.2. The molecule has 1 heterocycles. The van der Waals surface area contributed by atoms with E-state index in [-0.39, 0.29) is 11.4 Å². The average molecular weight is 199 g/mol. The van der Waals surface area contributed by atoms with E-state index >= 15 is 0 Å². The van der Waals surface area contributed by atoms with Crippen molar-refractivity contribution in [2.24, 2.45) is 5.73 Å². The average Bonchev–Trinajstić information content (AvgIpc) is 2.01. The highest BCUT2D eigenvalue weighted by Crippen LogP contribution is 2.13. The molecule has 0 radical (unpaired) electrons. The number of nitrogens with zero attached hydrogens (tertiary/aromatic N) is 2. The Morgan fingerprint density at radius 1 is 1.50 bits per heavy atom. The molecule has 82 valence electrons.